The summed E-state index contributed by atoms with van der Waals surface area (Å²) in [6.07, 6.45) is 0.670. The fourth-order valence-electron chi connectivity index (χ4n) is 4.40. The zero-order chi connectivity index (χ0) is 25.4. The number of hydrazine groups is 1. The lowest BCUT2D eigenvalue weighted by Gasteiger charge is -2.47. The lowest BCUT2D eigenvalue weighted by molar-refractivity contribution is -0.101. The molecule has 5 rings (SSSR count). The first-order chi connectivity index (χ1) is 17.3. The average Bonchev–Trinajstić information content (AvgIpc) is 3.39. The minimum atomic E-state index is -2.74. The number of hydrogen-bond donors (Lipinski definition) is 3. The third-order valence-corrected chi connectivity index (χ3v) is 8.66. The number of nitriles is 1. The summed E-state index contributed by atoms with van der Waals surface area (Å²) in [7, 11) is 0. The van der Waals surface area contributed by atoms with Gasteiger partial charge in [-0.3, -0.25) is 9.91 Å². The molecule has 4 aliphatic rings. The Morgan fingerprint density at radius 1 is 1.36 bits per heavy atom. The molecular weight excluding hydrogens is 512 g/mol. The lowest BCUT2D eigenvalue weighted by atomic mass is 9.92. The highest BCUT2D eigenvalue weighted by Gasteiger charge is 2.47. The number of halogens is 2. The van der Waals surface area contributed by atoms with E-state index >= 15 is 0 Å². The van der Waals surface area contributed by atoms with Crippen LogP contribution < -0.4 is 16.3 Å². The number of fused-ring (bicyclic) bond motifs is 1. The van der Waals surface area contributed by atoms with Gasteiger partial charge in [0.25, 0.3) is 6.43 Å². The van der Waals surface area contributed by atoms with Crippen molar-refractivity contribution in [2.75, 3.05) is 46.0 Å². The van der Waals surface area contributed by atoms with Crippen molar-refractivity contribution in [3.8, 4) is 6.07 Å². The highest BCUT2D eigenvalue weighted by Crippen LogP contribution is 2.36. The molecule has 3 saturated heterocycles. The van der Waals surface area contributed by atoms with Gasteiger partial charge in [-0.1, -0.05) is 11.3 Å². The van der Waals surface area contributed by atoms with E-state index in [0.717, 1.165) is 42.5 Å². The van der Waals surface area contributed by atoms with Crippen LogP contribution in [0.25, 0.3) is 5.70 Å². The predicted octanol–water partition coefficient (Wildman–Crippen LogP) is 0.953. The molecule has 15 heteroatoms. The van der Waals surface area contributed by atoms with Crippen molar-refractivity contribution in [1.82, 2.24) is 29.7 Å². The Morgan fingerprint density at radius 2 is 2.19 bits per heavy atom. The second-order valence-corrected chi connectivity index (χ2v) is 10.8. The molecule has 11 nitrogen and oxygen atoms in total. The Morgan fingerprint density at radius 3 is 2.86 bits per heavy atom. The Bertz CT molecular complexity index is 1140. The number of nitrogens with two attached hydrogens (primary N) is 2. The number of nitrogens with zero attached hydrogens (tertiary/aromatic N) is 6. The molecule has 0 saturated carbocycles. The van der Waals surface area contributed by atoms with E-state index in [1.807, 2.05) is 13.0 Å². The molecule has 3 unspecified atom stereocenters. The van der Waals surface area contributed by atoms with E-state index in [4.69, 9.17) is 21.1 Å². The Kier molecular flexibility index (Phi) is 7.18. The maximum absolute atomic E-state index is 13.1. The van der Waals surface area contributed by atoms with E-state index in [9.17, 15) is 14.0 Å². The molecule has 194 valence electrons. The number of nitrogens with one attached hydrogen (secondary N) is 1. The number of morpholine rings is 1. The summed E-state index contributed by atoms with van der Waals surface area (Å²) in [6, 6.07) is 2.53. The van der Waals surface area contributed by atoms with Crippen LogP contribution in [0.5, 0.6) is 0 Å². The molecule has 5 heterocycles. The van der Waals surface area contributed by atoms with Gasteiger partial charge in [0.2, 0.25) is 0 Å². The van der Waals surface area contributed by atoms with Gasteiger partial charge in [0.15, 0.2) is 15.6 Å². The number of aromatic nitrogens is 2. The van der Waals surface area contributed by atoms with Crippen LogP contribution in [0.1, 0.15) is 23.4 Å². The largest absolute Gasteiger partial charge is 0.394 e. The first-order valence-electron chi connectivity index (χ1n) is 11.4. The second-order valence-electron chi connectivity index (χ2n) is 8.92. The van der Waals surface area contributed by atoms with E-state index in [-0.39, 0.29) is 29.5 Å². The van der Waals surface area contributed by atoms with Gasteiger partial charge in [-0.25, -0.2) is 19.3 Å². The maximum Gasteiger partial charge on any atom is 0.291 e. The summed E-state index contributed by atoms with van der Waals surface area (Å²) in [6.45, 7) is 6.69. The summed E-state index contributed by atoms with van der Waals surface area (Å²) in [5.74, 6) is 7.26. The molecule has 3 atom stereocenters. The van der Waals surface area contributed by atoms with Gasteiger partial charge in [-0.15, -0.1) is 10.2 Å². The van der Waals surface area contributed by atoms with E-state index in [1.54, 1.807) is 6.08 Å². The van der Waals surface area contributed by atoms with E-state index in [0.29, 0.717) is 24.7 Å². The SMILES string of the molecule is CC1OCC1(C#N)NSC1=C/C(=C(/N)c2nnc(C(F)F)s2)N(N)C(N2CCN3CCOCC3C2)=C1. The predicted molar refractivity (Wildman–Crippen MR) is 130 cm³/mol. The van der Waals surface area contributed by atoms with Crippen molar-refractivity contribution in [1.29, 1.82) is 5.26 Å². The minimum Gasteiger partial charge on any atom is -0.394 e. The van der Waals surface area contributed by atoms with Crippen LogP contribution in [-0.4, -0.2) is 88.7 Å². The van der Waals surface area contributed by atoms with Crippen LogP contribution in [0.3, 0.4) is 0 Å². The molecular formula is C21H27F2N9O2S2. The molecule has 0 aliphatic carbocycles. The Balaban J connectivity index is 1.45. The van der Waals surface area contributed by atoms with Crippen LogP contribution in [0.4, 0.5) is 8.78 Å². The topological polar surface area (TPSA) is 142 Å². The van der Waals surface area contributed by atoms with Crippen molar-refractivity contribution in [2.45, 2.75) is 31.0 Å². The molecule has 0 amide bonds. The van der Waals surface area contributed by atoms with Crippen molar-refractivity contribution in [2.24, 2.45) is 11.6 Å². The normalized spacial score (nSPS) is 30.3. The zero-order valence-corrected chi connectivity index (χ0v) is 21.2. The number of allylic oxidation sites excluding steroid dienone is 2. The van der Waals surface area contributed by atoms with E-state index < -0.39 is 17.0 Å². The summed E-state index contributed by atoms with van der Waals surface area (Å²) < 4.78 is 40.5. The van der Waals surface area contributed by atoms with Crippen LogP contribution in [0.15, 0.2) is 28.6 Å². The summed E-state index contributed by atoms with van der Waals surface area (Å²) >= 11 is 2.00. The molecule has 1 aromatic rings. The minimum absolute atomic E-state index is 0.139. The van der Waals surface area contributed by atoms with Crippen molar-refractivity contribution in [3.63, 3.8) is 0 Å². The average molecular weight is 540 g/mol. The monoisotopic (exact) mass is 539 g/mol. The lowest BCUT2D eigenvalue weighted by Crippen LogP contribution is -2.63. The van der Waals surface area contributed by atoms with Crippen LogP contribution in [0.2, 0.25) is 0 Å². The smallest absolute Gasteiger partial charge is 0.291 e. The van der Waals surface area contributed by atoms with Gasteiger partial charge in [-0.2, -0.15) is 5.26 Å². The Hall–Kier alpha value is -2.32. The second kappa shape index (κ2) is 10.2. The zero-order valence-electron chi connectivity index (χ0n) is 19.6. The number of ether oxygens (including phenoxy) is 2. The molecule has 5 N–H and O–H groups in total. The summed E-state index contributed by atoms with van der Waals surface area (Å²) in [5.41, 5.74) is 6.13. The van der Waals surface area contributed by atoms with Crippen LogP contribution in [0, 0.1) is 11.3 Å². The summed E-state index contributed by atoms with van der Waals surface area (Å²) in [4.78, 5) is 5.32. The molecule has 0 bridgehead atoms. The first kappa shape index (κ1) is 25.3. The number of alkyl halides is 2. The van der Waals surface area contributed by atoms with Crippen molar-refractivity contribution >= 4 is 29.0 Å². The molecule has 36 heavy (non-hydrogen) atoms. The fraction of sp³-hybridized carbons (Fsp3) is 0.571. The maximum atomic E-state index is 13.1. The first-order valence-corrected chi connectivity index (χ1v) is 13.1. The van der Waals surface area contributed by atoms with Crippen LogP contribution >= 0.6 is 23.3 Å². The molecule has 3 fully saturated rings. The molecule has 1 aromatic heterocycles. The quantitative estimate of drug-likeness (QED) is 0.350. The standard InChI is InChI=1S/C21H27F2N9O2S2/c1-12-21(10-24,11-34-12)29-36-14-6-15(17(25)19-27-28-20(35-19)18(22)23)32(26)16(7-14)31-3-2-30-4-5-33-9-13(30)8-31/h6-7,12-13,18,29H,2-5,8-9,11,25-26H2,1H3/b17-15-. The fourth-order valence-corrected chi connectivity index (χ4v) is 5.97. The molecule has 0 aromatic carbocycles. The number of piperazine rings is 1. The highest BCUT2D eigenvalue weighted by atomic mass is 32.2. The van der Waals surface area contributed by atoms with Gasteiger partial charge in [0.05, 0.1) is 49.4 Å². The van der Waals surface area contributed by atoms with Gasteiger partial charge in [-0.05, 0) is 31.0 Å². The van der Waals surface area contributed by atoms with Gasteiger partial charge in [0, 0.05) is 31.1 Å². The third kappa shape index (κ3) is 4.70. The van der Waals surface area contributed by atoms with Crippen molar-refractivity contribution in [3.05, 3.63) is 38.6 Å². The number of hydrogen-bond acceptors (Lipinski definition) is 13. The molecule has 4 aliphatic heterocycles. The van der Waals surface area contributed by atoms with Crippen LogP contribution in [-0.2, 0) is 9.47 Å². The van der Waals surface area contributed by atoms with E-state index in [2.05, 4.69) is 30.8 Å². The molecule has 0 spiro atoms. The number of rotatable bonds is 6. The van der Waals surface area contributed by atoms with Gasteiger partial charge < -0.3 is 20.1 Å². The van der Waals surface area contributed by atoms with Gasteiger partial charge in [0.1, 0.15) is 5.82 Å². The molecule has 0 radical (unpaired) electrons. The van der Waals surface area contributed by atoms with E-state index in [1.165, 1.54) is 17.0 Å². The van der Waals surface area contributed by atoms with Gasteiger partial charge >= 0.3 is 0 Å². The summed E-state index contributed by atoms with van der Waals surface area (Å²) in [5, 5.41) is 18.3. The Labute approximate surface area is 215 Å². The highest BCUT2D eigenvalue weighted by molar-refractivity contribution is 8.01. The third-order valence-electron chi connectivity index (χ3n) is 6.76. The van der Waals surface area contributed by atoms with Crippen molar-refractivity contribution < 1.29 is 18.3 Å².